The van der Waals surface area contributed by atoms with Crippen LogP contribution in [0.4, 0.5) is 11.5 Å². The highest BCUT2D eigenvalue weighted by molar-refractivity contribution is 5.80. The molecule has 1 aromatic carbocycles. The number of methoxy groups -OCH3 is 2. The van der Waals surface area contributed by atoms with Gasteiger partial charge in [-0.1, -0.05) is 0 Å². The van der Waals surface area contributed by atoms with Gasteiger partial charge in [-0.3, -0.25) is 9.59 Å². The second kappa shape index (κ2) is 8.42. The van der Waals surface area contributed by atoms with Gasteiger partial charge in [-0.05, 0) is 13.3 Å². The van der Waals surface area contributed by atoms with Gasteiger partial charge in [0, 0.05) is 44.0 Å². The van der Waals surface area contributed by atoms with Crippen molar-refractivity contribution in [2.45, 2.75) is 25.8 Å². The van der Waals surface area contributed by atoms with Crippen molar-refractivity contribution in [2.75, 3.05) is 45.0 Å². The third kappa shape index (κ3) is 4.44. The fraction of sp³-hybridized carbons (Fsp3) is 0.450. The van der Waals surface area contributed by atoms with Crippen molar-refractivity contribution in [1.82, 2.24) is 14.9 Å². The van der Waals surface area contributed by atoms with Gasteiger partial charge in [0.05, 0.1) is 32.2 Å². The van der Waals surface area contributed by atoms with E-state index in [0.29, 0.717) is 23.9 Å². The third-order valence-electron chi connectivity index (χ3n) is 5.30. The van der Waals surface area contributed by atoms with Gasteiger partial charge in [0.15, 0.2) is 0 Å². The Bertz CT molecular complexity index is 936. The summed E-state index contributed by atoms with van der Waals surface area (Å²) < 4.78 is 10.7. The van der Waals surface area contributed by atoms with Gasteiger partial charge in [0.1, 0.15) is 23.1 Å². The lowest BCUT2D eigenvalue weighted by molar-refractivity contribution is -0.130. The predicted octanol–water partition coefficient (Wildman–Crippen LogP) is 0.958. The Morgan fingerprint density at radius 3 is 2.55 bits per heavy atom. The van der Waals surface area contributed by atoms with E-state index in [2.05, 4.69) is 14.9 Å². The first kappa shape index (κ1) is 20.5. The third-order valence-corrected chi connectivity index (χ3v) is 5.30. The number of aromatic amines is 1. The van der Waals surface area contributed by atoms with E-state index in [9.17, 15) is 9.59 Å². The fourth-order valence-electron chi connectivity index (χ4n) is 3.55. The minimum Gasteiger partial charge on any atom is -0.497 e. The number of carbonyl (C=O) groups excluding carboxylic acids is 1. The largest absolute Gasteiger partial charge is 0.497 e. The van der Waals surface area contributed by atoms with Crippen molar-refractivity contribution in [1.29, 1.82) is 0 Å². The summed E-state index contributed by atoms with van der Waals surface area (Å²) in [6.07, 6.45) is 0.744. The normalized spacial score (nSPS) is 16.0. The number of benzene rings is 1. The molecule has 0 bridgehead atoms. The lowest BCUT2D eigenvalue weighted by Crippen LogP contribution is -2.40. The Labute approximate surface area is 169 Å². The molecule has 29 heavy (non-hydrogen) atoms. The van der Waals surface area contributed by atoms with Crippen LogP contribution in [-0.4, -0.2) is 61.2 Å². The van der Waals surface area contributed by atoms with Crippen LogP contribution in [-0.2, 0) is 11.2 Å². The number of hydrogen-bond donors (Lipinski definition) is 2. The molecule has 0 aliphatic carbocycles. The van der Waals surface area contributed by atoms with E-state index in [-0.39, 0.29) is 35.3 Å². The lowest BCUT2D eigenvalue weighted by Gasteiger charge is -2.26. The average molecular weight is 401 g/mol. The van der Waals surface area contributed by atoms with Crippen molar-refractivity contribution in [2.24, 2.45) is 0 Å². The Balaban J connectivity index is 1.70. The number of H-pyrrole nitrogens is 1. The van der Waals surface area contributed by atoms with Gasteiger partial charge in [0.2, 0.25) is 5.91 Å². The first-order chi connectivity index (χ1) is 13.8. The maximum atomic E-state index is 12.8. The maximum absolute atomic E-state index is 12.8. The molecule has 1 aliphatic heterocycles. The SMILES string of the molecule is COc1cc(OC)cc(N2CC[C@H](N(C)C(=O)Cc3c(N)nc(C)[nH]c3=O)C2)c1. The van der Waals surface area contributed by atoms with Gasteiger partial charge < -0.3 is 30.0 Å². The van der Waals surface area contributed by atoms with Crippen molar-refractivity contribution in [3.8, 4) is 11.5 Å². The van der Waals surface area contributed by atoms with Gasteiger partial charge >= 0.3 is 0 Å². The summed E-state index contributed by atoms with van der Waals surface area (Å²) in [7, 11) is 4.99. The molecule has 1 aliphatic rings. The number of carbonyl (C=O) groups is 1. The number of nitrogens with zero attached hydrogens (tertiary/aromatic N) is 3. The number of hydrogen-bond acceptors (Lipinski definition) is 7. The summed E-state index contributed by atoms with van der Waals surface area (Å²) in [4.78, 5) is 35.4. The molecule has 9 heteroatoms. The molecule has 1 atom stereocenters. The predicted molar refractivity (Wildman–Crippen MR) is 111 cm³/mol. The summed E-state index contributed by atoms with van der Waals surface area (Å²) in [6, 6.07) is 5.75. The van der Waals surface area contributed by atoms with Crippen molar-refractivity contribution in [3.05, 3.63) is 39.9 Å². The standard InChI is InChI=1S/C20H27N5O4/c1-12-22-19(21)17(20(27)23-12)10-18(26)24(2)13-5-6-25(11-13)14-7-15(28-3)9-16(8-14)29-4/h7-9,13H,5-6,10-11H2,1-4H3,(H3,21,22,23,27)/t13-/m0/s1. The van der Waals surface area contributed by atoms with Crippen LogP contribution in [0.5, 0.6) is 11.5 Å². The van der Waals surface area contributed by atoms with E-state index in [4.69, 9.17) is 15.2 Å². The summed E-state index contributed by atoms with van der Waals surface area (Å²) in [5.41, 5.74) is 6.66. The van der Waals surface area contributed by atoms with Crippen molar-refractivity contribution >= 4 is 17.4 Å². The molecule has 3 rings (SSSR count). The van der Waals surface area contributed by atoms with E-state index < -0.39 is 0 Å². The van der Waals surface area contributed by atoms with Crippen LogP contribution in [0.15, 0.2) is 23.0 Å². The van der Waals surface area contributed by atoms with Crippen LogP contribution in [0.3, 0.4) is 0 Å². The number of anilines is 2. The average Bonchev–Trinajstić information content (AvgIpc) is 3.19. The van der Waals surface area contributed by atoms with Crippen LogP contribution in [0.25, 0.3) is 0 Å². The maximum Gasteiger partial charge on any atom is 0.256 e. The van der Waals surface area contributed by atoms with Crippen LogP contribution < -0.4 is 25.7 Å². The first-order valence-corrected chi connectivity index (χ1v) is 9.41. The number of nitrogen functional groups attached to an aromatic ring is 1. The molecule has 0 saturated carbocycles. The fourth-order valence-corrected chi connectivity index (χ4v) is 3.55. The monoisotopic (exact) mass is 401 g/mol. The zero-order chi connectivity index (χ0) is 21.1. The van der Waals surface area contributed by atoms with E-state index in [1.54, 1.807) is 33.1 Å². The molecule has 1 amide bonds. The van der Waals surface area contributed by atoms with Gasteiger partial charge in [-0.25, -0.2) is 4.98 Å². The van der Waals surface area contributed by atoms with Crippen molar-refractivity contribution < 1.29 is 14.3 Å². The van der Waals surface area contributed by atoms with Crippen LogP contribution in [0, 0.1) is 6.92 Å². The zero-order valence-electron chi connectivity index (χ0n) is 17.2. The summed E-state index contributed by atoms with van der Waals surface area (Å²) >= 11 is 0. The molecule has 1 fully saturated rings. The number of ether oxygens (including phenoxy) is 2. The molecule has 2 aromatic rings. The van der Waals surface area contributed by atoms with Gasteiger partial charge in [-0.15, -0.1) is 0 Å². The molecule has 156 valence electrons. The topological polar surface area (TPSA) is 114 Å². The number of nitrogens with one attached hydrogen (secondary N) is 1. The summed E-state index contributed by atoms with van der Waals surface area (Å²) in [5, 5.41) is 0. The Morgan fingerprint density at radius 1 is 1.31 bits per heavy atom. The minimum atomic E-state index is -0.367. The second-order valence-electron chi connectivity index (χ2n) is 7.16. The van der Waals surface area contributed by atoms with Gasteiger partial charge in [0.25, 0.3) is 5.56 Å². The number of aryl methyl sites for hydroxylation is 1. The highest BCUT2D eigenvalue weighted by atomic mass is 16.5. The highest BCUT2D eigenvalue weighted by Gasteiger charge is 2.29. The molecule has 0 radical (unpaired) electrons. The quantitative estimate of drug-likeness (QED) is 0.741. The van der Waals surface area contributed by atoms with Crippen LogP contribution >= 0.6 is 0 Å². The molecular formula is C20H27N5O4. The van der Waals surface area contributed by atoms with E-state index >= 15 is 0 Å². The Morgan fingerprint density at radius 2 is 1.97 bits per heavy atom. The molecule has 2 heterocycles. The lowest BCUT2D eigenvalue weighted by atomic mass is 10.1. The second-order valence-corrected chi connectivity index (χ2v) is 7.16. The Hall–Kier alpha value is -3.23. The first-order valence-electron chi connectivity index (χ1n) is 9.41. The minimum absolute atomic E-state index is 0.0263. The summed E-state index contributed by atoms with van der Waals surface area (Å²) in [6.45, 7) is 3.13. The molecule has 3 N–H and O–H groups in total. The molecule has 0 unspecified atom stereocenters. The molecule has 1 aromatic heterocycles. The highest BCUT2D eigenvalue weighted by Crippen LogP contribution is 2.31. The van der Waals surface area contributed by atoms with E-state index in [0.717, 1.165) is 18.7 Å². The molecule has 9 nitrogen and oxygen atoms in total. The van der Waals surface area contributed by atoms with E-state index in [1.165, 1.54) is 0 Å². The number of aromatic nitrogens is 2. The molecule has 1 saturated heterocycles. The Kier molecular flexibility index (Phi) is 5.95. The van der Waals surface area contributed by atoms with Crippen LogP contribution in [0.1, 0.15) is 17.8 Å². The zero-order valence-corrected chi connectivity index (χ0v) is 17.2. The smallest absolute Gasteiger partial charge is 0.256 e. The molecule has 0 spiro atoms. The number of nitrogens with two attached hydrogens (primary N) is 1. The van der Waals surface area contributed by atoms with E-state index in [1.807, 2.05) is 18.2 Å². The summed E-state index contributed by atoms with van der Waals surface area (Å²) in [5.74, 6) is 1.80. The van der Waals surface area contributed by atoms with Crippen LogP contribution in [0.2, 0.25) is 0 Å². The van der Waals surface area contributed by atoms with Crippen molar-refractivity contribution in [3.63, 3.8) is 0 Å². The number of amides is 1. The number of rotatable bonds is 6. The number of likely N-dealkylation sites (N-methyl/N-ethyl adjacent to an activating group) is 1. The van der Waals surface area contributed by atoms with Gasteiger partial charge in [-0.2, -0.15) is 0 Å². The molecular weight excluding hydrogens is 374 g/mol.